The minimum Gasteiger partial charge on any atom is -0.334 e. The number of nitrogens with zero attached hydrogens (tertiary/aromatic N) is 1. The highest BCUT2D eigenvalue weighted by molar-refractivity contribution is 7.19. The molecule has 0 saturated carbocycles. The number of benzene rings is 2. The van der Waals surface area contributed by atoms with E-state index in [9.17, 15) is 4.79 Å². The van der Waals surface area contributed by atoms with E-state index in [0.717, 1.165) is 30.4 Å². The van der Waals surface area contributed by atoms with Gasteiger partial charge >= 0.3 is 0 Å². The molecule has 1 aliphatic rings. The molecule has 1 aliphatic heterocycles. The Labute approximate surface area is 171 Å². The lowest BCUT2D eigenvalue weighted by molar-refractivity contribution is 0.0766. The van der Waals surface area contributed by atoms with Gasteiger partial charge in [0.05, 0.1) is 0 Å². The van der Waals surface area contributed by atoms with Crippen molar-refractivity contribution in [1.29, 1.82) is 0 Å². The summed E-state index contributed by atoms with van der Waals surface area (Å²) in [5, 5.41) is 1.31. The van der Waals surface area contributed by atoms with Crippen molar-refractivity contribution < 1.29 is 4.79 Å². The number of amides is 1. The van der Waals surface area contributed by atoms with Crippen LogP contribution < -0.4 is 5.73 Å². The van der Waals surface area contributed by atoms with Crippen LogP contribution in [0.5, 0.6) is 0 Å². The maximum absolute atomic E-state index is 12.7. The molecule has 1 atom stereocenters. The van der Waals surface area contributed by atoms with Crippen molar-refractivity contribution in [1.82, 2.24) is 4.90 Å². The molecule has 2 aromatic carbocycles. The smallest absolute Gasteiger partial charge is 0.254 e. The Morgan fingerprint density at radius 3 is 2.64 bits per heavy atom. The Morgan fingerprint density at radius 2 is 1.86 bits per heavy atom. The van der Waals surface area contributed by atoms with Gasteiger partial charge in [-0.05, 0) is 80.3 Å². The van der Waals surface area contributed by atoms with Crippen molar-refractivity contribution in [2.75, 3.05) is 6.54 Å². The van der Waals surface area contributed by atoms with Crippen LogP contribution >= 0.6 is 11.3 Å². The number of nitrogens with two attached hydrogens (primary N) is 1. The minimum atomic E-state index is -0.281. The maximum Gasteiger partial charge on any atom is 0.254 e. The van der Waals surface area contributed by atoms with Gasteiger partial charge in [0, 0.05) is 33.8 Å². The van der Waals surface area contributed by atoms with Crippen LogP contribution in [0.1, 0.15) is 51.7 Å². The fraction of sp³-hybridized carbons (Fsp3) is 0.375. The summed E-state index contributed by atoms with van der Waals surface area (Å²) in [6.45, 7) is 7.71. The highest BCUT2D eigenvalue weighted by atomic mass is 32.1. The predicted octanol–water partition coefficient (Wildman–Crippen LogP) is 5.21. The summed E-state index contributed by atoms with van der Waals surface area (Å²) in [7, 11) is 0. The molecule has 0 saturated heterocycles. The molecule has 0 aliphatic carbocycles. The fourth-order valence-corrected chi connectivity index (χ4v) is 4.98. The summed E-state index contributed by atoms with van der Waals surface area (Å²) in [6.07, 6.45) is 2.72. The first-order chi connectivity index (χ1) is 13.3. The molecule has 146 valence electrons. The van der Waals surface area contributed by atoms with Gasteiger partial charge in [0.15, 0.2) is 0 Å². The van der Waals surface area contributed by atoms with E-state index in [1.807, 2.05) is 22.3 Å². The Hall–Kier alpha value is -2.17. The van der Waals surface area contributed by atoms with E-state index in [1.54, 1.807) is 0 Å². The van der Waals surface area contributed by atoms with Crippen molar-refractivity contribution in [3.63, 3.8) is 0 Å². The molecule has 0 radical (unpaired) electrons. The third kappa shape index (κ3) is 3.85. The number of carbonyl (C=O) groups excluding carboxylic acids is 1. The van der Waals surface area contributed by atoms with E-state index in [1.165, 1.54) is 26.1 Å². The van der Waals surface area contributed by atoms with Crippen molar-refractivity contribution in [2.45, 2.75) is 52.1 Å². The zero-order chi connectivity index (χ0) is 19.9. The number of fused-ring (bicyclic) bond motifs is 2. The molecule has 28 heavy (non-hydrogen) atoms. The highest BCUT2D eigenvalue weighted by Crippen LogP contribution is 2.29. The van der Waals surface area contributed by atoms with Crippen LogP contribution in [0.3, 0.4) is 0 Å². The van der Waals surface area contributed by atoms with Gasteiger partial charge in [-0.25, -0.2) is 0 Å². The SMILES string of the molecule is Cc1cc2c(cc1C)C(=O)N(CCC(C)(N)CCc1cc3ccccc3s1)C2. The van der Waals surface area contributed by atoms with E-state index < -0.39 is 0 Å². The van der Waals surface area contributed by atoms with Gasteiger partial charge in [-0.1, -0.05) is 24.3 Å². The van der Waals surface area contributed by atoms with E-state index in [4.69, 9.17) is 5.73 Å². The standard InChI is InChI=1S/C24H28N2OS/c1-16-12-19-15-26(23(27)21(19)13-17(16)2)11-10-24(3,25)9-8-20-14-18-6-4-5-7-22(18)28-20/h4-7,12-14H,8-11,15,25H2,1-3H3. The average Bonchev–Trinajstić information content (AvgIpc) is 3.21. The van der Waals surface area contributed by atoms with Crippen molar-refractivity contribution in [3.8, 4) is 0 Å². The molecule has 0 spiro atoms. The van der Waals surface area contributed by atoms with Crippen LogP contribution in [-0.2, 0) is 13.0 Å². The summed E-state index contributed by atoms with van der Waals surface area (Å²) in [6, 6.07) is 15.0. The molecule has 0 fully saturated rings. The van der Waals surface area contributed by atoms with E-state index in [0.29, 0.717) is 13.1 Å². The second kappa shape index (κ2) is 7.34. The Bertz CT molecular complexity index is 1000. The quantitative estimate of drug-likeness (QED) is 0.625. The van der Waals surface area contributed by atoms with Gasteiger partial charge in [0.2, 0.25) is 0 Å². The van der Waals surface area contributed by atoms with Crippen LogP contribution in [0.15, 0.2) is 42.5 Å². The lowest BCUT2D eigenvalue weighted by atomic mass is 9.92. The van der Waals surface area contributed by atoms with Gasteiger partial charge in [-0.3, -0.25) is 4.79 Å². The number of rotatable bonds is 6. The first-order valence-electron chi connectivity index (χ1n) is 9.98. The fourth-order valence-electron chi connectivity index (χ4n) is 3.92. The van der Waals surface area contributed by atoms with Crippen LogP contribution in [0.25, 0.3) is 10.1 Å². The van der Waals surface area contributed by atoms with Gasteiger partial charge in [-0.15, -0.1) is 11.3 Å². The zero-order valence-corrected chi connectivity index (χ0v) is 17.7. The van der Waals surface area contributed by atoms with E-state index in [-0.39, 0.29) is 11.4 Å². The van der Waals surface area contributed by atoms with E-state index in [2.05, 4.69) is 57.2 Å². The predicted molar refractivity (Wildman–Crippen MR) is 118 cm³/mol. The number of thiophene rings is 1. The van der Waals surface area contributed by atoms with Crippen LogP contribution in [0, 0.1) is 13.8 Å². The lowest BCUT2D eigenvalue weighted by Gasteiger charge is -2.27. The topological polar surface area (TPSA) is 46.3 Å². The third-order valence-electron chi connectivity index (χ3n) is 5.97. The average molecular weight is 393 g/mol. The zero-order valence-electron chi connectivity index (χ0n) is 16.9. The third-order valence-corrected chi connectivity index (χ3v) is 7.15. The van der Waals surface area contributed by atoms with Crippen LogP contribution in [0.2, 0.25) is 0 Å². The summed E-state index contributed by atoms with van der Waals surface area (Å²) < 4.78 is 1.34. The Morgan fingerprint density at radius 1 is 1.11 bits per heavy atom. The molecule has 0 bridgehead atoms. The van der Waals surface area contributed by atoms with Crippen LogP contribution in [0.4, 0.5) is 0 Å². The largest absolute Gasteiger partial charge is 0.334 e. The second-order valence-corrected chi connectivity index (χ2v) is 9.64. The van der Waals surface area contributed by atoms with Gasteiger partial charge in [-0.2, -0.15) is 0 Å². The first kappa shape index (κ1) is 19.2. The summed E-state index contributed by atoms with van der Waals surface area (Å²) in [4.78, 5) is 16.1. The van der Waals surface area contributed by atoms with Crippen LogP contribution in [-0.4, -0.2) is 22.9 Å². The summed E-state index contributed by atoms with van der Waals surface area (Å²) >= 11 is 1.86. The van der Waals surface area contributed by atoms with Crippen molar-refractivity contribution in [2.24, 2.45) is 5.73 Å². The molecule has 4 rings (SSSR count). The molecule has 1 aromatic heterocycles. The van der Waals surface area contributed by atoms with Crippen molar-refractivity contribution >= 4 is 27.3 Å². The van der Waals surface area contributed by atoms with Crippen molar-refractivity contribution in [3.05, 3.63) is 69.6 Å². The molecular weight excluding hydrogens is 364 g/mol. The highest BCUT2D eigenvalue weighted by Gasteiger charge is 2.29. The van der Waals surface area contributed by atoms with E-state index >= 15 is 0 Å². The summed E-state index contributed by atoms with van der Waals surface area (Å²) in [5.41, 5.74) is 10.8. The summed E-state index contributed by atoms with van der Waals surface area (Å²) in [5.74, 6) is 0.151. The van der Waals surface area contributed by atoms with Gasteiger partial charge in [0.25, 0.3) is 5.91 Å². The number of aryl methyl sites for hydroxylation is 3. The molecule has 2 N–H and O–H groups in total. The molecule has 4 heteroatoms. The number of hydrogen-bond donors (Lipinski definition) is 1. The Kier molecular flexibility index (Phi) is 5.02. The molecule has 3 nitrogen and oxygen atoms in total. The molecular formula is C24H28N2OS. The number of hydrogen-bond acceptors (Lipinski definition) is 3. The minimum absolute atomic E-state index is 0.151. The molecule has 2 heterocycles. The number of carbonyl (C=O) groups is 1. The maximum atomic E-state index is 12.7. The van der Waals surface area contributed by atoms with Gasteiger partial charge < -0.3 is 10.6 Å². The van der Waals surface area contributed by atoms with Gasteiger partial charge in [0.1, 0.15) is 0 Å². The normalized spacial score (nSPS) is 15.9. The lowest BCUT2D eigenvalue weighted by Crippen LogP contribution is -2.40. The molecule has 1 amide bonds. The molecule has 1 unspecified atom stereocenters. The molecule has 3 aromatic rings. The monoisotopic (exact) mass is 392 g/mol. The second-order valence-electron chi connectivity index (χ2n) is 8.47. The Balaban J connectivity index is 1.35. The first-order valence-corrected chi connectivity index (χ1v) is 10.8.